The minimum atomic E-state index is -1.32. The molecule has 1 heterocycles. The summed E-state index contributed by atoms with van der Waals surface area (Å²) in [4.78, 5) is 26.8. The first-order valence-electron chi connectivity index (χ1n) is 8.84. The fraction of sp³-hybridized carbons (Fsp3) is 0.300. The topological polar surface area (TPSA) is 69.6 Å². The Morgan fingerprint density at radius 1 is 1.21 bits per heavy atom. The molecule has 8 heteroatoms. The Morgan fingerprint density at radius 3 is 2.61 bits per heavy atom. The summed E-state index contributed by atoms with van der Waals surface area (Å²) in [6, 6.07) is 9.08. The van der Waals surface area contributed by atoms with Gasteiger partial charge in [0, 0.05) is 34.8 Å². The Balaban J connectivity index is 1.62. The van der Waals surface area contributed by atoms with Crippen molar-refractivity contribution in [1.29, 1.82) is 0 Å². The number of likely N-dealkylation sites (tertiary alicyclic amines) is 1. The van der Waals surface area contributed by atoms with Crippen LogP contribution in [0.5, 0.6) is 0 Å². The maximum absolute atomic E-state index is 13.7. The molecule has 2 aromatic carbocycles. The van der Waals surface area contributed by atoms with E-state index in [0.29, 0.717) is 31.0 Å². The number of halogens is 3. The van der Waals surface area contributed by atoms with E-state index in [1.54, 1.807) is 24.3 Å². The zero-order valence-corrected chi connectivity index (χ0v) is 16.5. The van der Waals surface area contributed by atoms with Crippen molar-refractivity contribution in [2.24, 2.45) is 0 Å². The molecular weight excluding hydrogens is 434 g/mol. The normalized spacial score (nSPS) is 17.4. The molecule has 0 aromatic heterocycles. The van der Waals surface area contributed by atoms with Crippen LogP contribution in [0.4, 0.5) is 8.78 Å². The number of aliphatic hydroxyl groups excluding tert-OH is 1. The summed E-state index contributed by atoms with van der Waals surface area (Å²) in [5.41, 5.74) is 0.382. The summed E-state index contributed by atoms with van der Waals surface area (Å²) in [6.45, 7) is 0.223. The molecule has 0 spiro atoms. The van der Waals surface area contributed by atoms with Crippen molar-refractivity contribution < 1.29 is 23.5 Å². The van der Waals surface area contributed by atoms with E-state index in [0.717, 1.165) is 16.6 Å². The van der Waals surface area contributed by atoms with Crippen LogP contribution in [0.25, 0.3) is 0 Å². The van der Waals surface area contributed by atoms with Crippen LogP contribution >= 0.6 is 15.9 Å². The lowest BCUT2D eigenvalue weighted by Crippen LogP contribution is -2.46. The standard InChI is InChI=1S/C20H19BrF2N2O3/c21-13-5-3-12(4-6-13)20(28)25-9-1-2-17(25)19(27)24-11-18(26)15-8-7-14(22)10-16(15)23/h3-8,10,17-18,26H,1-2,9,11H2,(H,24,27). The van der Waals surface area contributed by atoms with Gasteiger partial charge in [0.15, 0.2) is 0 Å². The van der Waals surface area contributed by atoms with Crippen LogP contribution in [0.15, 0.2) is 46.9 Å². The molecule has 3 rings (SSSR count). The van der Waals surface area contributed by atoms with Crippen molar-refractivity contribution in [3.63, 3.8) is 0 Å². The van der Waals surface area contributed by atoms with Crippen molar-refractivity contribution >= 4 is 27.7 Å². The largest absolute Gasteiger partial charge is 0.386 e. The van der Waals surface area contributed by atoms with Crippen molar-refractivity contribution in [2.45, 2.75) is 25.0 Å². The molecule has 1 aliphatic rings. The van der Waals surface area contributed by atoms with Crippen molar-refractivity contribution in [1.82, 2.24) is 10.2 Å². The molecule has 2 N–H and O–H groups in total. The van der Waals surface area contributed by atoms with E-state index < -0.39 is 29.7 Å². The van der Waals surface area contributed by atoms with Gasteiger partial charge in [0.25, 0.3) is 5.91 Å². The molecule has 0 saturated carbocycles. The molecule has 1 aliphatic heterocycles. The molecule has 2 aromatic rings. The summed E-state index contributed by atoms with van der Waals surface area (Å²) in [5.74, 6) is -2.28. The first-order chi connectivity index (χ1) is 13.4. The third-order valence-electron chi connectivity index (χ3n) is 4.70. The second-order valence-corrected chi connectivity index (χ2v) is 7.51. The van der Waals surface area contributed by atoms with Gasteiger partial charge in [-0.3, -0.25) is 9.59 Å². The van der Waals surface area contributed by atoms with E-state index in [1.807, 2.05) is 0 Å². The van der Waals surface area contributed by atoms with Crippen LogP contribution in [-0.4, -0.2) is 41.0 Å². The lowest BCUT2D eigenvalue weighted by molar-refractivity contribution is -0.125. The summed E-state index contributed by atoms with van der Waals surface area (Å²) in [5, 5.41) is 12.7. The van der Waals surface area contributed by atoms with Crippen LogP contribution < -0.4 is 5.32 Å². The van der Waals surface area contributed by atoms with Gasteiger partial charge in [0.05, 0.1) is 6.10 Å². The van der Waals surface area contributed by atoms with Gasteiger partial charge in [0.1, 0.15) is 17.7 Å². The molecule has 2 atom stereocenters. The average molecular weight is 453 g/mol. The Kier molecular flexibility index (Phi) is 6.41. The molecule has 0 aliphatic carbocycles. The Hall–Kier alpha value is -2.32. The number of aliphatic hydroxyl groups is 1. The van der Waals surface area contributed by atoms with Gasteiger partial charge in [-0.2, -0.15) is 0 Å². The molecule has 5 nitrogen and oxygen atoms in total. The van der Waals surface area contributed by atoms with Gasteiger partial charge in [-0.1, -0.05) is 22.0 Å². The average Bonchev–Trinajstić information content (AvgIpc) is 3.16. The predicted octanol–water partition coefficient (Wildman–Crippen LogP) is 3.18. The highest BCUT2D eigenvalue weighted by molar-refractivity contribution is 9.10. The molecule has 1 fully saturated rings. The number of nitrogens with one attached hydrogen (secondary N) is 1. The fourth-order valence-electron chi connectivity index (χ4n) is 3.24. The maximum atomic E-state index is 13.7. The predicted molar refractivity (Wildman–Crippen MR) is 103 cm³/mol. The van der Waals surface area contributed by atoms with E-state index in [1.165, 1.54) is 4.90 Å². The number of rotatable bonds is 5. The van der Waals surface area contributed by atoms with Crippen LogP contribution in [0, 0.1) is 11.6 Å². The number of nitrogens with zero attached hydrogens (tertiary/aromatic N) is 1. The zero-order chi connectivity index (χ0) is 20.3. The number of hydrogen-bond acceptors (Lipinski definition) is 3. The number of amides is 2. The number of carbonyl (C=O) groups is 2. The second-order valence-electron chi connectivity index (χ2n) is 6.59. The molecule has 0 radical (unpaired) electrons. The van der Waals surface area contributed by atoms with Gasteiger partial charge in [-0.25, -0.2) is 8.78 Å². The molecule has 0 bridgehead atoms. The van der Waals surface area contributed by atoms with Crippen LogP contribution in [0.1, 0.15) is 34.9 Å². The smallest absolute Gasteiger partial charge is 0.254 e. The second kappa shape index (κ2) is 8.79. The highest BCUT2D eigenvalue weighted by Gasteiger charge is 2.34. The van der Waals surface area contributed by atoms with E-state index in [2.05, 4.69) is 21.2 Å². The first kappa shape index (κ1) is 20.4. The van der Waals surface area contributed by atoms with Crippen LogP contribution in [0.3, 0.4) is 0 Å². The number of benzene rings is 2. The Labute approximate surface area is 169 Å². The minimum Gasteiger partial charge on any atom is -0.386 e. The SMILES string of the molecule is O=C(NCC(O)c1ccc(F)cc1F)C1CCCN1C(=O)c1ccc(Br)cc1. The molecular formula is C20H19BrF2N2O3. The molecule has 148 valence electrons. The summed E-state index contributed by atoms with van der Waals surface area (Å²) in [7, 11) is 0. The molecule has 28 heavy (non-hydrogen) atoms. The van der Waals surface area contributed by atoms with E-state index in [9.17, 15) is 23.5 Å². The van der Waals surface area contributed by atoms with Crippen molar-refractivity contribution in [3.8, 4) is 0 Å². The lowest BCUT2D eigenvalue weighted by Gasteiger charge is -2.24. The van der Waals surface area contributed by atoms with Crippen molar-refractivity contribution in [3.05, 3.63) is 69.7 Å². The summed E-state index contributed by atoms with van der Waals surface area (Å²) >= 11 is 3.32. The van der Waals surface area contributed by atoms with E-state index >= 15 is 0 Å². The van der Waals surface area contributed by atoms with Crippen molar-refractivity contribution in [2.75, 3.05) is 13.1 Å². The minimum absolute atomic E-state index is 0.101. The third kappa shape index (κ3) is 4.56. The lowest BCUT2D eigenvalue weighted by atomic mass is 10.1. The fourth-order valence-corrected chi connectivity index (χ4v) is 3.50. The highest BCUT2D eigenvalue weighted by atomic mass is 79.9. The molecule has 1 saturated heterocycles. The van der Waals surface area contributed by atoms with Gasteiger partial charge < -0.3 is 15.3 Å². The number of hydrogen-bond donors (Lipinski definition) is 2. The highest BCUT2D eigenvalue weighted by Crippen LogP contribution is 2.22. The summed E-state index contributed by atoms with van der Waals surface area (Å²) < 4.78 is 27.6. The molecule has 2 unspecified atom stereocenters. The Morgan fingerprint density at radius 2 is 1.93 bits per heavy atom. The quantitative estimate of drug-likeness (QED) is 0.731. The van der Waals surface area contributed by atoms with Gasteiger partial charge >= 0.3 is 0 Å². The number of carbonyl (C=O) groups excluding carboxylic acids is 2. The van der Waals surface area contributed by atoms with E-state index in [-0.39, 0.29) is 18.0 Å². The van der Waals surface area contributed by atoms with Crippen LogP contribution in [0.2, 0.25) is 0 Å². The van der Waals surface area contributed by atoms with Crippen LogP contribution in [-0.2, 0) is 4.79 Å². The Bertz CT molecular complexity index is 876. The van der Waals surface area contributed by atoms with Gasteiger partial charge in [0.2, 0.25) is 5.91 Å². The third-order valence-corrected chi connectivity index (χ3v) is 5.23. The molecule has 2 amide bonds. The monoisotopic (exact) mass is 452 g/mol. The maximum Gasteiger partial charge on any atom is 0.254 e. The summed E-state index contributed by atoms with van der Waals surface area (Å²) in [6.07, 6.45) is -0.119. The zero-order valence-electron chi connectivity index (χ0n) is 14.9. The first-order valence-corrected chi connectivity index (χ1v) is 9.63. The van der Waals surface area contributed by atoms with Gasteiger partial charge in [-0.15, -0.1) is 0 Å². The van der Waals surface area contributed by atoms with Gasteiger partial charge in [-0.05, 0) is 43.2 Å². The van der Waals surface area contributed by atoms with E-state index in [4.69, 9.17) is 0 Å².